The number of ether oxygens (including phenoxy) is 2. The molecular weight excluding hydrogens is 378 g/mol. The lowest BCUT2D eigenvalue weighted by atomic mass is 9.91. The molecular formula is C24H23N3O3. The number of benzene rings is 2. The molecule has 1 amide bonds. The molecule has 1 saturated heterocycles. The third kappa shape index (κ3) is 3.74. The summed E-state index contributed by atoms with van der Waals surface area (Å²) in [5.41, 5.74) is 4.28. The van der Waals surface area contributed by atoms with Gasteiger partial charge in [0.15, 0.2) is 0 Å². The lowest BCUT2D eigenvalue weighted by Gasteiger charge is -2.43. The maximum absolute atomic E-state index is 12.8. The number of morpholine rings is 1. The second-order valence-corrected chi connectivity index (χ2v) is 7.61. The molecule has 6 heteroatoms. The van der Waals surface area contributed by atoms with Gasteiger partial charge in [-0.1, -0.05) is 54.6 Å². The van der Waals surface area contributed by atoms with Crippen molar-refractivity contribution >= 4 is 11.7 Å². The van der Waals surface area contributed by atoms with Crippen molar-refractivity contribution in [2.75, 3.05) is 13.2 Å². The van der Waals surface area contributed by atoms with E-state index in [4.69, 9.17) is 9.47 Å². The number of fused-ring (bicyclic) bond motifs is 2. The third-order valence-electron chi connectivity index (χ3n) is 5.59. The second kappa shape index (κ2) is 8.16. The van der Waals surface area contributed by atoms with Gasteiger partial charge >= 0.3 is 6.09 Å². The van der Waals surface area contributed by atoms with Crippen molar-refractivity contribution in [2.24, 2.45) is 0 Å². The predicted octanol–water partition coefficient (Wildman–Crippen LogP) is 4.07. The summed E-state index contributed by atoms with van der Waals surface area (Å²) in [4.78, 5) is 14.7. The summed E-state index contributed by atoms with van der Waals surface area (Å²) < 4.78 is 13.2. The van der Waals surface area contributed by atoms with Crippen molar-refractivity contribution in [1.82, 2.24) is 14.7 Å². The molecule has 6 nitrogen and oxygen atoms in total. The molecule has 2 atom stereocenters. The van der Waals surface area contributed by atoms with Gasteiger partial charge in [0, 0.05) is 11.8 Å². The van der Waals surface area contributed by atoms with Crippen LogP contribution in [0.1, 0.15) is 17.5 Å². The number of carbonyl (C=O) groups is 1. The summed E-state index contributed by atoms with van der Waals surface area (Å²) in [5.74, 6) is 0. The van der Waals surface area contributed by atoms with E-state index in [-0.39, 0.29) is 24.8 Å². The van der Waals surface area contributed by atoms with E-state index < -0.39 is 0 Å². The first kappa shape index (κ1) is 18.6. The smallest absolute Gasteiger partial charge is 0.411 e. The van der Waals surface area contributed by atoms with Crippen LogP contribution in [0.25, 0.3) is 11.3 Å². The molecule has 3 aromatic rings. The van der Waals surface area contributed by atoms with Gasteiger partial charge in [-0.25, -0.2) is 9.48 Å². The van der Waals surface area contributed by atoms with E-state index in [0.717, 1.165) is 23.2 Å². The zero-order chi connectivity index (χ0) is 20.3. The number of nitrogens with zero attached hydrogens (tertiary/aromatic N) is 3. The van der Waals surface area contributed by atoms with Crippen molar-refractivity contribution in [3.8, 4) is 5.69 Å². The monoisotopic (exact) mass is 401 g/mol. The predicted molar refractivity (Wildman–Crippen MR) is 113 cm³/mol. The Labute approximate surface area is 175 Å². The molecule has 2 unspecified atom stereocenters. The number of para-hydroxylation sites is 1. The maximum Gasteiger partial charge on any atom is 0.411 e. The van der Waals surface area contributed by atoms with Crippen LogP contribution in [-0.2, 0) is 16.1 Å². The number of hydrogen-bond donors (Lipinski definition) is 0. The Morgan fingerprint density at radius 2 is 1.83 bits per heavy atom. The Kier molecular flexibility index (Phi) is 5.07. The molecule has 0 saturated carbocycles. The molecule has 30 heavy (non-hydrogen) atoms. The molecule has 5 rings (SSSR count). The lowest BCUT2D eigenvalue weighted by molar-refractivity contribution is -0.0342. The molecule has 3 heterocycles. The molecule has 152 valence electrons. The molecule has 2 aromatic carbocycles. The number of amides is 1. The van der Waals surface area contributed by atoms with Gasteiger partial charge in [0.1, 0.15) is 6.61 Å². The van der Waals surface area contributed by atoms with Crippen LogP contribution < -0.4 is 0 Å². The van der Waals surface area contributed by atoms with Crippen LogP contribution in [0.2, 0.25) is 0 Å². The number of aromatic nitrogens is 2. The minimum absolute atomic E-state index is 0.0351. The number of rotatable bonds is 4. The van der Waals surface area contributed by atoms with Gasteiger partial charge in [0.2, 0.25) is 0 Å². The summed E-state index contributed by atoms with van der Waals surface area (Å²) in [6.07, 6.45) is 6.48. The fourth-order valence-corrected chi connectivity index (χ4v) is 4.10. The van der Waals surface area contributed by atoms with E-state index in [9.17, 15) is 4.79 Å². The van der Waals surface area contributed by atoms with Gasteiger partial charge < -0.3 is 9.47 Å². The van der Waals surface area contributed by atoms with Crippen LogP contribution in [0.5, 0.6) is 0 Å². The highest BCUT2D eigenvalue weighted by Crippen LogP contribution is 2.33. The average molecular weight is 401 g/mol. The molecule has 0 radical (unpaired) electrons. The number of carbonyl (C=O) groups excluding carboxylic acids is 1. The van der Waals surface area contributed by atoms with Crippen LogP contribution in [0.4, 0.5) is 4.79 Å². The number of hydrogen-bond acceptors (Lipinski definition) is 4. The second-order valence-electron chi connectivity index (χ2n) is 7.61. The van der Waals surface area contributed by atoms with Crippen LogP contribution in [0.15, 0.2) is 79.1 Å². The Hall–Kier alpha value is -3.38. The molecule has 1 aromatic heterocycles. The van der Waals surface area contributed by atoms with E-state index >= 15 is 0 Å². The topological polar surface area (TPSA) is 56.6 Å². The van der Waals surface area contributed by atoms with Crippen molar-refractivity contribution in [3.63, 3.8) is 0 Å². The minimum atomic E-state index is -0.285. The first-order valence-electron chi connectivity index (χ1n) is 10.2. The Morgan fingerprint density at radius 3 is 2.60 bits per heavy atom. The van der Waals surface area contributed by atoms with Crippen LogP contribution in [0.3, 0.4) is 0 Å². The van der Waals surface area contributed by atoms with E-state index in [1.165, 1.54) is 5.57 Å². The van der Waals surface area contributed by atoms with Gasteiger partial charge in [-0.2, -0.15) is 5.10 Å². The zero-order valence-corrected chi connectivity index (χ0v) is 16.6. The van der Waals surface area contributed by atoms with Crippen molar-refractivity contribution < 1.29 is 14.3 Å². The van der Waals surface area contributed by atoms with E-state index in [1.807, 2.05) is 82.6 Å². The molecule has 2 aliphatic rings. The summed E-state index contributed by atoms with van der Waals surface area (Å²) in [7, 11) is 0. The largest absolute Gasteiger partial charge is 0.445 e. The Morgan fingerprint density at radius 1 is 1.07 bits per heavy atom. The third-order valence-corrected chi connectivity index (χ3v) is 5.59. The van der Waals surface area contributed by atoms with E-state index in [2.05, 4.69) is 11.2 Å². The quantitative estimate of drug-likeness (QED) is 0.661. The summed E-state index contributed by atoms with van der Waals surface area (Å²) >= 11 is 0. The molecule has 0 aliphatic carbocycles. The Bertz CT molecular complexity index is 1050. The van der Waals surface area contributed by atoms with Gasteiger partial charge in [0.25, 0.3) is 0 Å². The van der Waals surface area contributed by atoms with Gasteiger partial charge in [-0.15, -0.1) is 0 Å². The van der Waals surface area contributed by atoms with Gasteiger partial charge in [-0.3, -0.25) is 4.90 Å². The van der Waals surface area contributed by atoms with Gasteiger partial charge in [-0.05, 0) is 29.7 Å². The van der Waals surface area contributed by atoms with Crippen LogP contribution in [-0.4, -0.2) is 46.1 Å². The molecule has 0 N–H and O–H groups in total. The summed E-state index contributed by atoms with van der Waals surface area (Å²) in [5, 5.41) is 4.51. The Balaban J connectivity index is 1.32. The normalized spacial score (nSPS) is 20.5. The fourth-order valence-electron chi connectivity index (χ4n) is 4.10. The first-order chi connectivity index (χ1) is 14.8. The fraction of sp³-hybridized carbons (Fsp3) is 0.250. The van der Waals surface area contributed by atoms with Crippen LogP contribution in [0, 0.1) is 0 Å². The zero-order valence-electron chi connectivity index (χ0n) is 16.6. The maximum atomic E-state index is 12.8. The highest BCUT2D eigenvalue weighted by molar-refractivity contribution is 5.74. The van der Waals surface area contributed by atoms with E-state index in [0.29, 0.717) is 13.2 Å². The standard InChI is InChI=1S/C24H23N3O3/c28-24(30-15-18-7-3-1-4-8-18)27-22-11-19(12-23(27)17-29-16-22)20-13-25-26(14-20)21-9-5-2-6-10-21/h1-11,13-14,22-23H,12,15-17H2. The summed E-state index contributed by atoms with van der Waals surface area (Å²) in [6.45, 7) is 1.27. The van der Waals surface area contributed by atoms with Crippen molar-refractivity contribution in [1.29, 1.82) is 0 Å². The van der Waals surface area contributed by atoms with Crippen molar-refractivity contribution in [2.45, 2.75) is 25.1 Å². The van der Waals surface area contributed by atoms with E-state index in [1.54, 1.807) is 0 Å². The average Bonchev–Trinajstić information content (AvgIpc) is 3.28. The molecule has 2 aliphatic heterocycles. The molecule has 1 fully saturated rings. The molecule has 2 bridgehead atoms. The summed E-state index contributed by atoms with van der Waals surface area (Å²) in [6, 6.07) is 19.6. The minimum Gasteiger partial charge on any atom is -0.445 e. The highest BCUT2D eigenvalue weighted by atomic mass is 16.6. The molecule has 0 spiro atoms. The lowest BCUT2D eigenvalue weighted by Crippen LogP contribution is -2.56. The van der Waals surface area contributed by atoms with Gasteiger partial charge in [0.05, 0.1) is 37.2 Å². The van der Waals surface area contributed by atoms with Crippen LogP contribution >= 0.6 is 0 Å². The first-order valence-corrected chi connectivity index (χ1v) is 10.2. The van der Waals surface area contributed by atoms with Crippen molar-refractivity contribution in [3.05, 3.63) is 90.3 Å². The highest BCUT2D eigenvalue weighted by Gasteiger charge is 2.39. The SMILES string of the molecule is O=C(OCc1ccccc1)N1C2C=C(c3cnn(-c4ccccc4)c3)CC1COC2.